The Kier molecular flexibility index (Phi) is 4.80. The fourth-order valence-electron chi connectivity index (χ4n) is 2.29. The Morgan fingerprint density at radius 1 is 0.952 bits per heavy atom. The number of hydrogen-bond donors (Lipinski definition) is 0. The van der Waals surface area contributed by atoms with Gasteiger partial charge in [0.1, 0.15) is 0 Å². The van der Waals surface area contributed by atoms with Crippen molar-refractivity contribution in [3.63, 3.8) is 0 Å². The molecule has 2 aromatic carbocycles. The molecule has 0 aliphatic rings. The predicted octanol–water partition coefficient (Wildman–Crippen LogP) is 3.63. The van der Waals surface area contributed by atoms with E-state index in [1.54, 1.807) is 19.2 Å². The average Bonchev–Trinajstić information content (AvgIpc) is 2.48. The minimum Gasteiger partial charge on any atom is -0.207 e. The first-order valence-electron chi connectivity index (χ1n) is 7.02. The van der Waals surface area contributed by atoms with Gasteiger partial charge in [-0.1, -0.05) is 62.4 Å². The van der Waals surface area contributed by atoms with Crippen LogP contribution in [0.25, 0.3) is 0 Å². The third kappa shape index (κ3) is 3.52. The van der Waals surface area contributed by atoms with E-state index in [4.69, 9.17) is 0 Å². The van der Waals surface area contributed by atoms with Crippen molar-refractivity contribution >= 4 is 10.0 Å². The third-order valence-electron chi connectivity index (χ3n) is 3.48. The maximum Gasteiger partial charge on any atom is 0.243 e. The number of sulfonamides is 1. The SMILES string of the molecule is CC(C)c1ccccc1S(=O)(=O)N(C)Cc1ccccc1. The third-order valence-corrected chi connectivity index (χ3v) is 5.35. The minimum absolute atomic E-state index is 0.168. The Hall–Kier alpha value is -1.65. The molecule has 0 bridgehead atoms. The Morgan fingerprint density at radius 3 is 2.14 bits per heavy atom. The van der Waals surface area contributed by atoms with Gasteiger partial charge in [-0.05, 0) is 23.1 Å². The smallest absolute Gasteiger partial charge is 0.207 e. The topological polar surface area (TPSA) is 37.4 Å². The molecule has 0 aliphatic carbocycles. The Bertz CT molecular complexity index is 694. The summed E-state index contributed by atoms with van der Waals surface area (Å²) in [6, 6.07) is 16.8. The summed E-state index contributed by atoms with van der Waals surface area (Å²) in [6.45, 7) is 4.38. The molecule has 0 heterocycles. The van der Waals surface area contributed by atoms with Gasteiger partial charge in [0.25, 0.3) is 0 Å². The number of nitrogens with zero attached hydrogens (tertiary/aromatic N) is 1. The van der Waals surface area contributed by atoms with E-state index in [1.165, 1.54) is 4.31 Å². The highest BCUT2D eigenvalue weighted by Gasteiger charge is 2.24. The van der Waals surface area contributed by atoms with E-state index in [2.05, 4.69) is 0 Å². The predicted molar refractivity (Wildman–Crippen MR) is 85.6 cm³/mol. The molecule has 0 unspecified atom stereocenters. The molecular weight excluding hydrogens is 282 g/mol. The van der Waals surface area contributed by atoms with Gasteiger partial charge in [-0.25, -0.2) is 8.42 Å². The lowest BCUT2D eigenvalue weighted by molar-refractivity contribution is 0.465. The van der Waals surface area contributed by atoms with Crippen molar-refractivity contribution in [2.24, 2.45) is 0 Å². The summed E-state index contributed by atoms with van der Waals surface area (Å²) in [5.41, 5.74) is 1.84. The van der Waals surface area contributed by atoms with Gasteiger partial charge in [-0.15, -0.1) is 0 Å². The van der Waals surface area contributed by atoms with Crippen LogP contribution >= 0.6 is 0 Å². The summed E-state index contributed by atoms with van der Waals surface area (Å²) in [4.78, 5) is 0.401. The number of benzene rings is 2. The molecule has 0 atom stereocenters. The van der Waals surface area contributed by atoms with Crippen LogP contribution in [-0.2, 0) is 16.6 Å². The van der Waals surface area contributed by atoms with Crippen LogP contribution in [-0.4, -0.2) is 19.8 Å². The molecule has 2 rings (SSSR count). The number of rotatable bonds is 5. The Morgan fingerprint density at radius 2 is 1.52 bits per heavy atom. The van der Waals surface area contributed by atoms with Gasteiger partial charge >= 0.3 is 0 Å². The van der Waals surface area contributed by atoms with Crippen LogP contribution in [0.1, 0.15) is 30.9 Å². The van der Waals surface area contributed by atoms with E-state index in [0.29, 0.717) is 11.4 Å². The van der Waals surface area contributed by atoms with Crippen molar-refractivity contribution in [1.82, 2.24) is 4.31 Å². The Balaban J connectivity index is 2.34. The molecule has 4 heteroatoms. The standard InChI is InChI=1S/C17H21NO2S/c1-14(2)16-11-7-8-12-17(16)21(19,20)18(3)13-15-9-5-4-6-10-15/h4-12,14H,13H2,1-3H3. The van der Waals surface area contributed by atoms with Gasteiger partial charge < -0.3 is 0 Å². The molecule has 3 nitrogen and oxygen atoms in total. The molecule has 21 heavy (non-hydrogen) atoms. The van der Waals surface area contributed by atoms with Gasteiger partial charge in [-0.3, -0.25) is 0 Å². The summed E-state index contributed by atoms with van der Waals surface area (Å²) in [5, 5.41) is 0. The van der Waals surface area contributed by atoms with Crippen molar-refractivity contribution in [2.75, 3.05) is 7.05 Å². The fourth-order valence-corrected chi connectivity index (χ4v) is 3.79. The van der Waals surface area contributed by atoms with Gasteiger partial charge in [0, 0.05) is 13.6 Å². The van der Waals surface area contributed by atoms with Crippen LogP contribution in [0, 0.1) is 0 Å². The van der Waals surface area contributed by atoms with Crippen LogP contribution in [0.5, 0.6) is 0 Å². The molecule has 0 aliphatic heterocycles. The van der Waals surface area contributed by atoms with E-state index in [-0.39, 0.29) is 5.92 Å². The Labute approximate surface area is 127 Å². The van der Waals surface area contributed by atoms with E-state index in [0.717, 1.165) is 11.1 Å². The van der Waals surface area contributed by atoms with Crippen molar-refractivity contribution < 1.29 is 8.42 Å². The summed E-state index contributed by atoms with van der Waals surface area (Å²) < 4.78 is 27.0. The van der Waals surface area contributed by atoms with Crippen molar-refractivity contribution in [3.8, 4) is 0 Å². The summed E-state index contributed by atoms with van der Waals surface area (Å²) >= 11 is 0. The first kappa shape index (κ1) is 15.7. The molecule has 0 N–H and O–H groups in total. The highest BCUT2D eigenvalue weighted by molar-refractivity contribution is 7.89. The normalized spacial score (nSPS) is 12.0. The fraction of sp³-hybridized carbons (Fsp3) is 0.294. The van der Waals surface area contributed by atoms with Crippen LogP contribution in [0.3, 0.4) is 0 Å². The molecular formula is C17H21NO2S. The van der Waals surface area contributed by atoms with Crippen molar-refractivity contribution in [2.45, 2.75) is 31.2 Å². The lowest BCUT2D eigenvalue weighted by Crippen LogP contribution is -2.27. The van der Waals surface area contributed by atoms with Crippen LogP contribution in [0.4, 0.5) is 0 Å². The molecule has 0 fully saturated rings. The van der Waals surface area contributed by atoms with Crippen LogP contribution in [0.2, 0.25) is 0 Å². The van der Waals surface area contributed by atoms with E-state index >= 15 is 0 Å². The molecule has 0 saturated heterocycles. The molecule has 0 radical (unpaired) electrons. The molecule has 112 valence electrons. The van der Waals surface area contributed by atoms with Crippen LogP contribution in [0.15, 0.2) is 59.5 Å². The first-order valence-corrected chi connectivity index (χ1v) is 8.46. The van der Waals surface area contributed by atoms with E-state index in [1.807, 2.05) is 56.3 Å². The van der Waals surface area contributed by atoms with E-state index in [9.17, 15) is 8.42 Å². The second-order valence-electron chi connectivity index (χ2n) is 5.44. The molecule has 2 aromatic rings. The largest absolute Gasteiger partial charge is 0.243 e. The van der Waals surface area contributed by atoms with E-state index < -0.39 is 10.0 Å². The average molecular weight is 303 g/mol. The highest BCUT2D eigenvalue weighted by Crippen LogP contribution is 2.26. The summed E-state index contributed by atoms with van der Waals surface area (Å²) in [6.07, 6.45) is 0. The lowest BCUT2D eigenvalue weighted by Gasteiger charge is -2.20. The van der Waals surface area contributed by atoms with Crippen LogP contribution < -0.4 is 0 Å². The molecule has 0 saturated carbocycles. The zero-order valence-corrected chi connectivity index (χ0v) is 13.5. The number of hydrogen-bond acceptors (Lipinski definition) is 2. The maximum atomic E-state index is 12.8. The summed E-state index contributed by atoms with van der Waals surface area (Å²) in [5.74, 6) is 0.168. The summed E-state index contributed by atoms with van der Waals surface area (Å²) in [7, 11) is -1.86. The monoisotopic (exact) mass is 303 g/mol. The van der Waals surface area contributed by atoms with Gasteiger partial charge in [-0.2, -0.15) is 4.31 Å². The molecule has 0 spiro atoms. The van der Waals surface area contributed by atoms with Gasteiger partial charge in [0.05, 0.1) is 4.90 Å². The van der Waals surface area contributed by atoms with Gasteiger partial charge in [0.15, 0.2) is 0 Å². The second-order valence-corrected chi connectivity index (χ2v) is 7.45. The molecule has 0 amide bonds. The van der Waals surface area contributed by atoms with Crippen molar-refractivity contribution in [1.29, 1.82) is 0 Å². The quantitative estimate of drug-likeness (QED) is 0.846. The maximum absolute atomic E-state index is 12.8. The zero-order chi connectivity index (χ0) is 15.5. The highest BCUT2D eigenvalue weighted by atomic mass is 32.2. The molecule has 0 aromatic heterocycles. The minimum atomic E-state index is -3.48. The van der Waals surface area contributed by atoms with Gasteiger partial charge in [0.2, 0.25) is 10.0 Å². The lowest BCUT2D eigenvalue weighted by atomic mass is 10.0. The zero-order valence-electron chi connectivity index (χ0n) is 12.7. The first-order chi connectivity index (χ1) is 9.93. The van der Waals surface area contributed by atoms with Crippen molar-refractivity contribution in [3.05, 3.63) is 65.7 Å². The second kappa shape index (κ2) is 6.41.